The molecule has 0 amide bonds. The van der Waals surface area contributed by atoms with Gasteiger partial charge < -0.3 is 10.5 Å². The van der Waals surface area contributed by atoms with E-state index in [4.69, 9.17) is 10.5 Å². The van der Waals surface area contributed by atoms with Gasteiger partial charge >= 0.3 is 0 Å². The van der Waals surface area contributed by atoms with Gasteiger partial charge in [-0.05, 0) is 19.1 Å². The van der Waals surface area contributed by atoms with Crippen LogP contribution in [0.5, 0.6) is 5.75 Å². The van der Waals surface area contributed by atoms with Crippen molar-refractivity contribution in [1.82, 2.24) is 9.71 Å². The molecule has 0 aliphatic carbocycles. The first-order chi connectivity index (χ1) is 9.44. The fraction of sp³-hybridized carbons (Fsp3) is 0.250. The zero-order chi connectivity index (χ0) is 14.8. The van der Waals surface area contributed by atoms with E-state index in [1.807, 2.05) is 6.92 Å². The number of hydrogen-bond donors (Lipinski definition) is 2. The Morgan fingerprint density at radius 2 is 2.20 bits per heavy atom. The van der Waals surface area contributed by atoms with E-state index < -0.39 is 10.0 Å². The summed E-state index contributed by atoms with van der Waals surface area (Å²) in [5, 5.41) is 0. The van der Waals surface area contributed by atoms with E-state index in [2.05, 4.69) is 9.71 Å². The molecule has 0 saturated carbocycles. The monoisotopic (exact) mass is 313 g/mol. The Labute approximate surface area is 121 Å². The Hall–Kier alpha value is -1.64. The average Bonchev–Trinajstić information content (AvgIpc) is 2.82. The van der Waals surface area contributed by atoms with Crippen molar-refractivity contribution < 1.29 is 13.2 Å². The van der Waals surface area contributed by atoms with Gasteiger partial charge in [0.25, 0.3) is 0 Å². The van der Waals surface area contributed by atoms with Crippen molar-refractivity contribution in [3.63, 3.8) is 0 Å². The molecule has 0 saturated heterocycles. The molecule has 20 heavy (non-hydrogen) atoms. The Morgan fingerprint density at radius 1 is 1.45 bits per heavy atom. The van der Waals surface area contributed by atoms with Gasteiger partial charge in [0, 0.05) is 17.5 Å². The number of aryl methyl sites for hydroxylation is 1. The number of methoxy groups -OCH3 is 1. The van der Waals surface area contributed by atoms with Crippen LogP contribution in [0, 0.1) is 6.92 Å². The van der Waals surface area contributed by atoms with Crippen LogP contribution < -0.4 is 15.2 Å². The van der Waals surface area contributed by atoms with Crippen LogP contribution in [0.4, 0.5) is 5.69 Å². The van der Waals surface area contributed by atoms with Gasteiger partial charge in [-0.1, -0.05) is 0 Å². The van der Waals surface area contributed by atoms with Crippen LogP contribution in [-0.4, -0.2) is 20.5 Å². The maximum absolute atomic E-state index is 12.2. The van der Waals surface area contributed by atoms with Crippen molar-refractivity contribution in [2.24, 2.45) is 0 Å². The first kappa shape index (κ1) is 14.8. The maximum atomic E-state index is 12.2. The number of nitrogens with zero attached hydrogens (tertiary/aromatic N) is 1. The smallest absolute Gasteiger partial charge is 0.241 e. The largest absolute Gasteiger partial charge is 0.495 e. The Morgan fingerprint density at radius 3 is 2.80 bits per heavy atom. The number of rotatable bonds is 5. The van der Waals surface area contributed by atoms with Crippen molar-refractivity contribution in [2.75, 3.05) is 12.8 Å². The van der Waals surface area contributed by atoms with Crippen molar-refractivity contribution in [2.45, 2.75) is 18.4 Å². The second kappa shape index (κ2) is 5.78. The number of ether oxygens (including phenoxy) is 1. The third kappa shape index (κ3) is 3.09. The van der Waals surface area contributed by atoms with Crippen LogP contribution in [0.2, 0.25) is 0 Å². The first-order valence-corrected chi connectivity index (χ1v) is 8.12. The van der Waals surface area contributed by atoms with Crippen LogP contribution in [0.1, 0.15) is 10.6 Å². The predicted molar refractivity (Wildman–Crippen MR) is 78.3 cm³/mol. The molecule has 0 aliphatic rings. The van der Waals surface area contributed by atoms with Crippen molar-refractivity contribution >= 4 is 27.0 Å². The highest BCUT2D eigenvalue weighted by Gasteiger charge is 2.16. The van der Waals surface area contributed by atoms with E-state index in [-0.39, 0.29) is 11.4 Å². The SMILES string of the molecule is COc1cc(S(=O)(=O)NCc2scnc2C)ccc1N. The number of anilines is 1. The van der Waals surface area contributed by atoms with Gasteiger partial charge in [0.2, 0.25) is 10.0 Å². The number of nitrogens with two attached hydrogens (primary N) is 1. The van der Waals surface area contributed by atoms with Crippen molar-refractivity contribution in [3.8, 4) is 5.75 Å². The third-order valence-corrected chi connectivity index (χ3v) is 5.12. The number of sulfonamides is 1. The van der Waals surface area contributed by atoms with E-state index in [1.54, 1.807) is 5.51 Å². The Balaban J connectivity index is 2.20. The second-order valence-electron chi connectivity index (χ2n) is 4.09. The van der Waals surface area contributed by atoms with E-state index in [0.29, 0.717) is 11.4 Å². The minimum absolute atomic E-state index is 0.116. The van der Waals surface area contributed by atoms with Gasteiger partial charge in [-0.3, -0.25) is 0 Å². The summed E-state index contributed by atoms with van der Waals surface area (Å²) in [6.45, 7) is 2.05. The molecule has 0 radical (unpaired) electrons. The summed E-state index contributed by atoms with van der Waals surface area (Å²) < 4.78 is 32.0. The topological polar surface area (TPSA) is 94.3 Å². The van der Waals surface area contributed by atoms with E-state index >= 15 is 0 Å². The number of aromatic nitrogens is 1. The Kier molecular flexibility index (Phi) is 4.26. The van der Waals surface area contributed by atoms with E-state index in [9.17, 15) is 8.42 Å². The van der Waals surface area contributed by atoms with Gasteiger partial charge in [0.1, 0.15) is 5.75 Å². The molecular weight excluding hydrogens is 298 g/mol. The van der Waals surface area contributed by atoms with Gasteiger partial charge in [-0.2, -0.15) is 0 Å². The summed E-state index contributed by atoms with van der Waals surface area (Å²) in [6.07, 6.45) is 0. The number of nitrogens with one attached hydrogen (secondary N) is 1. The number of benzene rings is 1. The molecule has 0 fully saturated rings. The molecule has 3 N–H and O–H groups in total. The predicted octanol–water partition coefficient (Wildman–Crippen LogP) is 1.52. The standard InChI is InChI=1S/C12H15N3O3S2/c1-8-12(19-7-14-8)6-15-20(16,17)9-3-4-10(13)11(5-9)18-2/h3-5,7,15H,6,13H2,1-2H3. The average molecular weight is 313 g/mol. The summed E-state index contributed by atoms with van der Waals surface area (Å²) in [4.78, 5) is 5.08. The second-order valence-corrected chi connectivity index (χ2v) is 6.80. The summed E-state index contributed by atoms with van der Waals surface area (Å²) in [5.74, 6) is 0.335. The number of nitrogen functional groups attached to an aromatic ring is 1. The first-order valence-electron chi connectivity index (χ1n) is 5.76. The van der Waals surface area contributed by atoms with Crippen molar-refractivity contribution in [1.29, 1.82) is 0 Å². The summed E-state index contributed by atoms with van der Waals surface area (Å²) in [6, 6.07) is 4.35. The van der Waals surface area contributed by atoms with E-state index in [0.717, 1.165) is 10.6 Å². The molecule has 108 valence electrons. The van der Waals surface area contributed by atoms with Crippen LogP contribution in [0.15, 0.2) is 28.6 Å². The summed E-state index contributed by atoms with van der Waals surface area (Å²) in [7, 11) is -2.17. The van der Waals surface area contributed by atoms with Gasteiger partial charge in [-0.25, -0.2) is 18.1 Å². The van der Waals surface area contributed by atoms with Crippen LogP contribution in [0.25, 0.3) is 0 Å². The molecule has 0 bridgehead atoms. The molecule has 1 heterocycles. The normalized spacial score (nSPS) is 11.5. The molecule has 0 aliphatic heterocycles. The molecule has 2 rings (SSSR count). The van der Waals surface area contributed by atoms with Gasteiger partial charge in [0.15, 0.2) is 0 Å². The quantitative estimate of drug-likeness (QED) is 0.816. The van der Waals surface area contributed by atoms with Gasteiger partial charge in [0.05, 0.1) is 28.9 Å². The van der Waals surface area contributed by atoms with Crippen LogP contribution in [0.3, 0.4) is 0 Å². The molecule has 0 unspecified atom stereocenters. The highest BCUT2D eigenvalue weighted by molar-refractivity contribution is 7.89. The maximum Gasteiger partial charge on any atom is 0.241 e. The summed E-state index contributed by atoms with van der Waals surface area (Å²) >= 11 is 1.41. The fourth-order valence-electron chi connectivity index (χ4n) is 1.60. The molecule has 8 heteroatoms. The number of hydrogen-bond acceptors (Lipinski definition) is 6. The zero-order valence-corrected chi connectivity index (χ0v) is 12.7. The molecule has 2 aromatic rings. The lowest BCUT2D eigenvalue weighted by Crippen LogP contribution is -2.23. The molecule has 1 aromatic carbocycles. The summed E-state index contributed by atoms with van der Waals surface area (Å²) in [5.41, 5.74) is 8.57. The van der Waals surface area contributed by atoms with Crippen LogP contribution in [-0.2, 0) is 16.6 Å². The molecular formula is C12H15N3O3S2. The lowest BCUT2D eigenvalue weighted by molar-refractivity contribution is 0.415. The lowest BCUT2D eigenvalue weighted by Gasteiger charge is -2.09. The molecule has 6 nitrogen and oxygen atoms in total. The highest BCUT2D eigenvalue weighted by atomic mass is 32.2. The lowest BCUT2D eigenvalue weighted by atomic mass is 10.3. The molecule has 0 spiro atoms. The zero-order valence-electron chi connectivity index (χ0n) is 11.1. The Bertz CT molecular complexity index is 710. The van der Waals surface area contributed by atoms with Gasteiger partial charge in [-0.15, -0.1) is 11.3 Å². The molecule has 0 atom stereocenters. The van der Waals surface area contributed by atoms with Crippen molar-refractivity contribution in [3.05, 3.63) is 34.3 Å². The minimum atomic E-state index is -3.61. The molecule has 1 aromatic heterocycles. The fourth-order valence-corrected chi connectivity index (χ4v) is 3.42. The third-order valence-electron chi connectivity index (χ3n) is 2.78. The highest BCUT2D eigenvalue weighted by Crippen LogP contribution is 2.24. The minimum Gasteiger partial charge on any atom is -0.495 e. The number of thiazole rings is 1. The van der Waals surface area contributed by atoms with E-state index in [1.165, 1.54) is 36.6 Å². The van der Waals surface area contributed by atoms with Crippen LogP contribution >= 0.6 is 11.3 Å².